The van der Waals surface area contributed by atoms with Gasteiger partial charge in [-0.3, -0.25) is 4.79 Å². The van der Waals surface area contributed by atoms with Crippen molar-refractivity contribution in [2.24, 2.45) is 5.11 Å². The number of aryl methyl sites for hydroxylation is 1. The molecule has 5 nitrogen and oxygen atoms in total. The van der Waals surface area contributed by atoms with Crippen molar-refractivity contribution in [2.75, 3.05) is 7.05 Å². The van der Waals surface area contributed by atoms with Crippen LogP contribution in [0.25, 0.3) is 10.4 Å². The molecule has 0 spiro atoms. The quantitative estimate of drug-likeness (QED) is 0.456. The second-order valence-corrected chi connectivity index (χ2v) is 3.03. The highest BCUT2D eigenvalue weighted by molar-refractivity contribution is 5.75. The predicted octanol–water partition coefficient (Wildman–Crippen LogP) is 2.31. The van der Waals surface area contributed by atoms with E-state index in [0.717, 1.165) is 5.56 Å². The van der Waals surface area contributed by atoms with Gasteiger partial charge in [-0.25, -0.2) is 0 Å². The first-order valence-corrected chi connectivity index (χ1v) is 4.61. The molecular weight excluding hydrogens is 192 g/mol. The molecule has 0 heterocycles. The second-order valence-electron chi connectivity index (χ2n) is 3.03. The molecule has 1 aromatic rings. The van der Waals surface area contributed by atoms with E-state index in [1.807, 2.05) is 12.1 Å². The molecule has 0 bridgehead atoms. The fourth-order valence-corrected chi connectivity index (χ4v) is 1.16. The van der Waals surface area contributed by atoms with Gasteiger partial charge in [-0.05, 0) is 17.5 Å². The number of nitrogens with one attached hydrogen (secondary N) is 1. The number of rotatable bonds is 4. The molecule has 1 amide bonds. The summed E-state index contributed by atoms with van der Waals surface area (Å²) < 4.78 is 0. The Balaban J connectivity index is 2.56. The van der Waals surface area contributed by atoms with Gasteiger partial charge in [0.1, 0.15) is 0 Å². The van der Waals surface area contributed by atoms with Crippen molar-refractivity contribution in [1.29, 1.82) is 0 Å². The molecule has 1 aromatic carbocycles. The summed E-state index contributed by atoms with van der Waals surface area (Å²) in [7, 11) is 1.62. The Morgan fingerprint density at radius 3 is 2.67 bits per heavy atom. The van der Waals surface area contributed by atoms with Crippen molar-refractivity contribution in [3.8, 4) is 0 Å². The van der Waals surface area contributed by atoms with Crippen molar-refractivity contribution >= 4 is 11.6 Å². The zero-order chi connectivity index (χ0) is 11.1. The number of nitrogens with zero attached hydrogens (tertiary/aromatic N) is 3. The standard InChI is InChI=1S/C10H12N4O/c1-12-10(15)7-4-8-2-5-9(6-3-8)13-14-11/h2-3,5-6H,4,7H2,1H3,(H,12,15). The van der Waals surface area contributed by atoms with Crippen LogP contribution in [0.5, 0.6) is 0 Å². The Hall–Kier alpha value is -2.00. The lowest BCUT2D eigenvalue weighted by atomic mass is 10.1. The third-order valence-corrected chi connectivity index (χ3v) is 2.02. The summed E-state index contributed by atoms with van der Waals surface area (Å²) in [5, 5.41) is 6.02. The van der Waals surface area contributed by atoms with E-state index in [4.69, 9.17) is 5.53 Å². The lowest BCUT2D eigenvalue weighted by molar-refractivity contribution is -0.120. The van der Waals surface area contributed by atoms with Gasteiger partial charge in [0.2, 0.25) is 5.91 Å². The molecule has 1 N–H and O–H groups in total. The molecule has 0 atom stereocenters. The molecule has 0 fully saturated rings. The molecule has 0 radical (unpaired) electrons. The highest BCUT2D eigenvalue weighted by Gasteiger charge is 1.99. The van der Waals surface area contributed by atoms with Gasteiger partial charge in [-0.15, -0.1) is 0 Å². The fraction of sp³-hybridized carbons (Fsp3) is 0.300. The molecule has 0 aliphatic rings. The number of carbonyl (C=O) groups excluding carboxylic acids is 1. The second kappa shape index (κ2) is 5.67. The number of benzene rings is 1. The van der Waals surface area contributed by atoms with E-state index in [0.29, 0.717) is 18.5 Å². The van der Waals surface area contributed by atoms with Crippen molar-refractivity contribution in [1.82, 2.24) is 5.32 Å². The molecule has 0 aromatic heterocycles. The lowest BCUT2D eigenvalue weighted by Gasteiger charge is -2.00. The Kier molecular flexibility index (Phi) is 4.19. The molecule has 0 aliphatic carbocycles. The summed E-state index contributed by atoms with van der Waals surface area (Å²) in [6.07, 6.45) is 1.16. The van der Waals surface area contributed by atoms with Gasteiger partial charge >= 0.3 is 0 Å². The van der Waals surface area contributed by atoms with E-state index in [1.165, 1.54) is 0 Å². The van der Waals surface area contributed by atoms with E-state index in [2.05, 4.69) is 15.3 Å². The third kappa shape index (κ3) is 3.70. The van der Waals surface area contributed by atoms with Gasteiger partial charge in [0.05, 0.1) is 0 Å². The van der Waals surface area contributed by atoms with Gasteiger partial charge in [0.15, 0.2) is 0 Å². The van der Waals surface area contributed by atoms with Crippen LogP contribution in [0.3, 0.4) is 0 Å². The smallest absolute Gasteiger partial charge is 0.220 e. The third-order valence-electron chi connectivity index (χ3n) is 2.02. The first-order valence-electron chi connectivity index (χ1n) is 4.61. The largest absolute Gasteiger partial charge is 0.359 e. The van der Waals surface area contributed by atoms with E-state index in [1.54, 1.807) is 19.2 Å². The number of carbonyl (C=O) groups is 1. The highest BCUT2D eigenvalue weighted by atomic mass is 16.1. The van der Waals surface area contributed by atoms with Gasteiger partial charge in [-0.2, -0.15) is 0 Å². The van der Waals surface area contributed by atoms with E-state index < -0.39 is 0 Å². The van der Waals surface area contributed by atoms with Gasteiger partial charge in [0, 0.05) is 24.1 Å². The molecule has 78 valence electrons. The van der Waals surface area contributed by atoms with E-state index >= 15 is 0 Å². The van der Waals surface area contributed by atoms with Crippen molar-refractivity contribution in [3.05, 3.63) is 40.3 Å². The van der Waals surface area contributed by atoms with Crippen LogP contribution in [-0.4, -0.2) is 13.0 Å². The van der Waals surface area contributed by atoms with Gasteiger partial charge in [-0.1, -0.05) is 29.4 Å². The average Bonchev–Trinajstić information content (AvgIpc) is 2.28. The topological polar surface area (TPSA) is 77.9 Å². The number of hydrogen-bond donors (Lipinski definition) is 1. The van der Waals surface area contributed by atoms with Gasteiger partial charge < -0.3 is 5.32 Å². The lowest BCUT2D eigenvalue weighted by Crippen LogP contribution is -2.17. The van der Waals surface area contributed by atoms with Crippen LogP contribution in [0.2, 0.25) is 0 Å². The minimum atomic E-state index is 0.0223. The van der Waals surface area contributed by atoms with Crippen LogP contribution in [0.15, 0.2) is 29.4 Å². The maximum absolute atomic E-state index is 11.0. The molecule has 0 aliphatic heterocycles. The first kappa shape index (κ1) is 11.1. The molecule has 0 saturated heterocycles. The molecule has 0 saturated carbocycles. The number of hydrogen-bond acceptors (Lipinski definition) is 2. The summed E-state index contributed by atoms with van der Waals surface area (Å²) in [6, 6.07) is 7.18. The summed E-state index contributed by atoms with van der Waals surface area (Å²) in [5.74, 6) is 0.0223. The SMILES string of the molecule is CNC(=O)CCc1ccc(N=[N+]=[N-])cc1. The monoisotopic (exact) mass is 204 g/mol. The minimum Gasteiger partial charge on any atom is -0.359 e. The number of amides is 1. The maximum atomic E-state index is 11.0. The first-order chi connectivity index (χ1) is 7.26. The predicted molar refractivity (Wildman–Crippen MR) is 57.6 cm³/mol. The van der Waals surface area contributed by atoms with E-state index in [9.17, 15) is 4.79 Å². The fourth-order valence-electron chi connectivity index (χ4n) is 1.16. The van der Waals surface area contributed by atoms with Crippen LogP contribution in [0, 0.1) is 0 Å². The van der Waals surface area contributed by atoms with Crippen LogP contribution >= 0.6 is 0 Å². The molecule has 1 rings (SSSR count). The number of azide groups is 1. The zero-order valence-electron chi connectivity index (χ0n) is 8.47. The van der Waals surface area contributed by atoms with Crippen LogP contribution in [0.1, 0.15) is 12.0 Å². The van der Waals surface area contributed by atoms with E-state index in [-0.39, 0.29) is 5.91 Å². The molecule has 15 heavy (non-hydrogen) atoms. The minimum absolute atomic E-state index is 0.0223. The van der Waals surface area contributed by atoms with Crippen LogP contribution < -0.4 is 5.32 Å². The maximum Gasteiger partial charge on any atom is 0.220 e. The van der Waals surface area contributed by atoms with Crippen LogP contribution in [-0.2, 0) is 11.2 Å². The molecule has 0 unspecified atom stereocenters. The van der Waals surface area contributed by atoms with Crippen molar-refractivity contribution in [2.45, 2.75) is 12.8 Å². The highest BCUT2D eigenvalue weighted by Crippen LogP contribution is 2.13. The Morgan fingerprint density at radius 2 is 2.13 bits per heavy atom. The van der Waals surface area contributed by atoms with Crippen LogP contribution in [0.4, 0.5) is 5.69 Å². The molecular formula is C10H12N4O. The van der Waals surface area contributed by atoms with Gasteiger partial charge in [0.25, 0.3) is 0 Å². The Labute approximate surface area is 87.7 Å². The van der Waals surface area contributed by atoms with Crippen molar-refractivity contribution in [3.63, 3.8) is 0 Å². The summed E-state index contributed by atoms with van der Waals surface area (Å²) in [4.78, 5) is 13.7. The molecule has 5 heteroatoms. The summed E-state index contributed by atoms with van der Waals surface area (Å²) in [5.41, 5.74) is 9.84. The Morgan fingerprint density at radius 1 is 1.47 bits per heavy atom. The summed E-state index contributed by atoms with van der Waals surface area (Å²) >= 11 is 0. The van der Waals surface area contributed by atoms with Crippen molar-refractivity contribution < 1.29 is 4.79 Å². The average molecular weight is 204 g/mol. The Bertz CT molecular complexity index is 379. The summed E-state index contributed by atoms with van der Waals surface area (Å²) in [6.45, 7) is 0. The normalized spacial score (nSPS) is 9.13. The zero-order valence-corrected chi connectivity index (χ0v) is 8.47.